The Morgan fingerprint density at radius 3 is 2.42 bits per heavy atom. The van der Waals surface area contributed by atoms with Crippen molar-refractivity contribution >= 4 is 10.9 Å². The number of rotatable bonds is 8. The van der Waals surface area contributed by atoms with Crippen molar-refractivity contribution in [1.82, 2.24) is 9.88 Å². The van der Waals surface area contributed by atoms with Crippen molar-refractivity contribution in [3.8, 4) is 5.75 Å². The van der Waals surface area contributed by atoms with Crippen LogP contribution in [0.15, 0.2) is 83.7 Å². The molecule has 4 aromatic rings. The van der Waals surface area contributed by atoms with E-state index in [1.807, 2.05) is 60.7 Å². The Morgan fingerprint density at radius 2 is 1.68 bits per heavy atom. The van der Waals surface area contributed by atoms with Crippen molar-refractivity contribution < 1.29 is 9.13 Å². The highest BCUT2D eigenvalue weighted by molar-refractivity contribution is 5.79. The van der Waals surface area contributed by atoms with Gasteiger partial charge in [0.1, 0.15) is 11.6 Å². The van der Waals surface area contributed by atoms with Crippen molar-refractivity contribution in [2.24, 2.45) is 0 Å². The third-order valence-electron chi connectivity index (χ3n) is 5.40. The maximum absolute atomic E-state index is 13.9. The van der Waals surface area contributed by atoms with Crippen LogP contribution in [0.5, 0.6) is 5.75 Å². The van der Waals surface area contributed by atoms with Crippen LogP contribution in [0.4, 0.5) is 4.39 Å². The molecule has 4 nitrogen and oxygen atoms in total. The third-order valence-corrected chi connectivity index (χ3v) is 5.40. The number of nitrogens with zero attached hydrogens (tertiary/aromatic N) is 1. The molecule has 0 radical (unpaired) electrons. The molecule has 0 fully saturated rings. The summed E-state index contributed by atoms with van der Waals surface area (Å²) in [5, 5.41) is 4.20. The number of hydrogen-bond acceptors (Lipinski definition) is 3. The third kappa shape index (κ3) is 5.01. The smallest absolute Gasteiger partial charge is 0.255 e. The topological polar surface area (TPSA) is 43.3 Å². The molecule has 0 bridgehead atoms. The van der Waals surface area contributed by atoms with E-state index in [1.54, 1.807) is 17.7 Å². The number of hydrogen-bond donors (Lipinski definition) is 1. The van der Waals surface area contributed by atoms with Gasteiger partial charge in [-0.3, -0.25) is 4.79 Å². The first-order chi connectivity index (χ1) is 15.1. The number of halogens is 1. The first-order valence-electron chi connectivity index (χ1n) is 10.3. The first kappa shape index (κ1) is 20.8. The van der Waals surface area contributed by atoms with E-state index in [2.05, 4.69) is 5.32 Å². The van der Waals surface area contributed by atoms with Crippen molar-refractivity contribution in [2.75, 3.05) is 7.11 Å². The molecule has 1 N–H and O–H groups in total. The Hall–Kier alpha value is -3.44. The average Bonchev–Trinajstić information content (AvgIpc) is 2.80. The Morgan fingerprint density at radius 1 is 0.903 bits per heavy atom. The minimum Gasteiger partial charge on any atom is -0.497 e. The molecule has 0 aliphatic carbocycles. The van der Waals surface area contributed by atoms with E-state index >= 15 is 0 Å². The highest BCUT2D eigenvalue weighted by Gasteiger charge is 2.11. The molecule has 0 saturated heterocycles. The molecular formula is C26H25FN2O2. The fraction of sp³-hybridized carbons (Fsp3) is 0.192. The Kier molecular flexibility index (Phi) is 6.43. The van der Waals surface area contributed by atoms with Gasteiger partial charge in [0.15, 0.2) is 0 Å². The SMILES string of the molecule is COc1ccc(CNCc2cc3ccc(F)cc3n(CCc3ccccc3)c2=O)cc1. The van der Waals surface area contributed by atoms with Crippen molar-refractivity contribution in [2.45, 2.75) is 26.1 Å². The first-order valence-corrected chi connectivity index (χ1v) is 10.3. The largest absolute Gasteiger partial charge is 0.497 e. The Balaban J connectivity index is 1.57. The van der Waals surface area contributed by atoms with Gasteiger partial charge in [-0.05, 0) is 59.3 Å². The van der Waals surface area contributed by atoms with Crippen LogP contribution in [0.2, 0.25) is 0 Å². The highest BCUT2D eigenvalue weighted by Crippen LogP contribution is 2.17. The molecule has 5 heteroatoms. The number of pyridine rings is 1. The highest BCUT2D eigenvalue weighted by atomic mass is 19.1. The number of nitrogens with one attached hydrogen (secondary N) is 1. The summed E-state index contributed by atoms with van der Waals surface area (Å²) in [6.07, 6.45) is 0.703. The molecule has 0 aliphatic rings. The van der Waals surface area contributed by atoms with E-state index in [-0.39, 0.29) is 11.4 Å². The normalized spacial score (nSPS) is 11.0. The lowest BCUT2D eigenvalue weighted by Gasteiger charge is -2.14. The molecule has 158 valence electrons. The predicted molar refractivity (Wildman–Crippen MR) is 122 cm³/mol. The van der Waals surface area contributed by atoms with Gasteiger partial charge in [-0.25, -0.2) is 4.39 Å². The van der Waals surface area contributed by atoms with E-state index in [0.29, 0.717) is 37.1 Å². The monoisotopic (exact) mass is 416 g/mol. The van der Waals surface area contributed by atoms with Gasteiger partial charge in [0.2, 0.25) is 0 Å². The zero-order valence-corrected chi connectivity index (χ0v) is 17.5. The fourth-order valence-electron chi connectivity index (χ4n) is 3.72. The zero-order chi connectivity index (χ0) is 21.6. The zero-order valence-electron chi connectivity index (χ0n) is 17.5. The number of methoxy groups -OCH3 is 1. The van der Waals surface area contributed by atoms with E-state index in [1.165, 1.54) is 12.1 Å². The van der Waals surface area contributed by atoms with Crippen molar-refractivity contribution in [3.05, 3.63) is 112 Å². The summed E-state index contributed by atoms with van der Waals surface area (Å²) < 4.78 is 20.8. The summed E-state index contributed by atoms with van der Waals surface area (Å²) in [6, 6.07) is 24.3. The van der Waals surface area contributed by atoms with Crippen LogP contribution in [-0.2, 0) is 26.1 Å². The molecule has 3 aromatic carbocycles. The number of aryl methyl sites for hydroxylation is 2. The maximum Gasteiger partial charge on any atom is 0.255 e. The maximum atomic E-state index is 13.9. The molecule has 0 unspecified atom stereocenters. The molecule has 0 aliphatic heterocycles. The van der Waals surface area contributed by atoms with Crippen LogP contribution in [0.25, 0.3) is 10.9 Å². The van der Waals surface area contributed by atoms with Gasteiger partial charge in [0.25, 0.3) is 5.56 Å². The lowest BCUT2D eigenvalue weighted by atomic mass is 10.1. The molecule has 0 amide bonds. The molecule has 31 heavy (non-hydrogen) atoms. The summed E-state index contributed by atoms with van der Waals surface area (Å²) in [6.45, 7) is 1.56. The van der Waals surface area contributed by atoms with Crippen LogP contribution in [0.1, 0.15) is 16.7 Å². The second-order valence-electron chi connectivity index (χ2n) is 7.52. The summed E-state index contributed by atoms with van der Waals surface area (Å²) in [7, 11) is 1.64. The van der Waals surface area contributed by atoms with E-state index in [0.717, 1.165) is 22.3 Å². The predicted octanol–water partition coefficient (Wildman–Crippen LogP) is 4.68. The lowest BCUT2D eigenvalue weighted by Crippen LogP contribution is -2.28. The summed E-state index contributed by atoms with van der Waals surface area (Å²) in [4.78, 5) is 13.2. The van der Waals surface area contributed by atoms with Crippen LogP contribution >= 0.6 is 0 Å². The standard InChI is InChI=1S/C26H25FN2O2/c1-31-24-11-7-20(8-12-24)17-28-18-22-15-21-9-10-23(27)16-25(21)29(26(22)30)14-13-19-5-3-2-4-6-19/h2-12,15-16,28H,13-14,17-18H2,1H3. The second-order valence-corrected chi connectivity index (χ2v) is 7.52. The molecule has 4 rings (SSSR count). The molecule has 1 aromatic heterocycles. The van der Waals surface area contributed by atoms with Gasteiger partial charge in [0, 0.05) is 25.2 Å². The van der Waals surface area contributed by atoms with Crippen LogP contribution < -0.4 is 15.6 Å². The van der Waals surface area contributed by atoms with Crippen molar-refractivity contribution in [1.29, 1.82) is 0 Å². The van der Waals surface area contributed by atoms with E-state index in [4.69, 9.17) is 4.74 Å². The fourth-order valence-corrected chi connectivity index (χ4v) is 3.72. The average molecular weight is 416 g/mol. The van der Waals surface area contributed by atoms with Gasteiger partial charge in [-0.15, -0.1) is 0 Å². The van der Waals surface area contributed by atoms with Gasteiger partial charge in [-0.2, -0.15) is 0 Å². The van der Waals surface area contributed by atoms with Crippen LogP contribution in [0.3, 0.4) is 0 Å². The number of aromatic nitrogens is 1. The second kappa shape index (κ2) is 9.58. The summed E-state index contributed by atoms with van der Waals surface area (Å²) in [5.41, 5.74) is 3.45. The number of fused-ring (bicyclic) bond motifs is 1. The molecule has 0 atom stereocenters. The number of ether oxygens (including phenoxy) is 1. The summed E-state index contributed by atoms with van der Waals surface area (Å²) in [5.74, 6) is 0.470. The van der Waals surface area contributed by atoms with Crippen molar-refractivity contribution in [3.63, 3.8) is 0 Å². The molecule has 0 saturated carbocycles. The van der Waals surface area contributed by atoms with Gasteiger partial charge < -0.3 is 14.6 Å². The van der Waals surface area contributed by atoms with Gasteiger partial charge in [0.05, 0.1) is 12.6 Å². The summed E-state index contributed by atoms with van der Waals surface area (Å²) >= 11 is 0. The van der Waals surface area contributed by atoms with E-state index < -0.39 is 0 Å². The van der Waals surface area contributed by atoms with Crippen LogP contribution in [-0.4, -0.2) is 11.7 Å². The molecular weight excluding hydrogens is 391 g/mol. The Labute approximate surface area is 180 Å². The van der Waals surface area contributed by atoms with Gasteiger partial charge >= 0.3 is 0 Å². The number of benzene rings is 3. The van der Waals surface area contributed by atoms with Gasteiger partial charge in [-0.1, -0.05) is 42.5 Å². The lowest BCUT2D eigenvalue weighted by molar-refractivity contribution is 0.414. The van der Waals surface area contributed by atoms with Crippen LogP contribution in [0, 0.1) is 5.82 Å². The molecule has 0 spiro atoms. The molecule has 1 heterocycles. The van der Waals surface area contributed by atoms with E-state index in [9.17, 15) is 9.18 Å². The quantitative estimate of drug-likeness (QED) is 0.454. The Bertz CT molecular complexity index is 1220. The minimum atomic E-state index is -0.342. The minimum absolute atomic E-state index is 0.0868.